The molecule has 0 aromatic heterocycles. The summed E-state index contributed by atoms with van der Waals surface area (Å²) in [6.45, 7) is 1.79. The van der Waals surface area contributed by atoms with Crippen LogP contribution in [0.1, 0.15) is 15.9 Å². The minimum absolute atomic E-state index is 0.135. The fraction of sp³-hybridized carbons (Fsp3) is 0.188. The van der Waals surface area contributed by atoms with Crippen LogP contribution in [0.15, 0.2) is 36.4 Å². The van der Waals surface area contributed by atoms with Crippen molar-refractivity contribution in [1.82, 2.24) is 0 Å². The van der Waals surface area contributed by atoms with Crippen molar-refractivity contribution in [3.63, 3.8) is 0 Å². The predicted octanol–water partition coefficient (Wildman–Crippen LogP) is 2.97. The number of phenols is 1. The Morgan fingerprint density at radius 1 is 1.05 bits per heavy atom. The maximum Gasteiger partial charge on any atom is 0.255 e. The van der Waals surface area contributed by atoms with Crippen molar-refractivity contribution in [3.05, 3.63) is 47.5 Å². The van der Waals surface area contributed by atoms with E-state index in [-0.39, 0.29) is 11.7 Å². The highest BCUT2D eigenvalue weighted by Crippen LogP contribution is 2.24. The monoisotopic (exact) mass is 287 g/mol. The number of hydrogen-bond acceptors (Lipinski definition) is 4. The Kier molecular flexibility index (Phi) is 4.33. The molecule has 0 radical (unpaired) electrons. The highest BCUT2D eigenvalue weighted by atomic mass is 16.5. The van der Waals surface area contributed by atoms with E-state index in [9.17, 15) is 9.90 Å². The van der Waals surface area contributed by atoms with Gasteiger partial charge in [-0.2, -0.15) is 0 Å². The SMILES string of the molecule is COc1cc(OC)cc(C(=O)Nc2ccc(C)c(O)c2)c1. The number of hydrogen-bond donors (Lipinski definition) is 2. The molecular formula is C16H17NO4. The highest BCUT2D eigenvalue weighted by molar-refractivity contribution is 6.04. The third-order valence-corrected chi connectivity index (χ3v) is 3.08. The van der Waals surface area contributed by atoms with Crippen molar-refractivity contribution >= 4 is 11.6 Å². The molecule has 0 saturated heterocycles. The molecule has 2 rings (SSSR count). The molecule has 0 aliphatic rings. The van der Waals surface area contributed by atoms with Crippen LogP contribution in [0.2, 0.25) is 0 Å². The van der Waals surface area contributed by atoms with E-state index in [0.717, 1.165) is 5.56 Å². The molecule has 0 saturated carbocycles. The Balaban J connectivity index is 2.25. The number of methoxy groups -OCH3 is 2. The number of rotatable bonds is 4. The first-order valence-corrected chi connectivity index (χ1v) is 6.37. The lowest BCUT2D eigenvalue weighted by atomic mass is 10.1. The Morgan fingerprint density at radius 2 is 1.67 bits per heavy atom. The molecule has 1 amide bonds. The molecule has 0 bridgehead atoms. The third kappa shape index (κ3) is 3.45. The maximum absolute atomic E-state index is 12.2. The molecule has 0 fully saturated rings. The fourth-order valence-corrected chi connectivity index (χ4v) is 1.83. The smallest absolute Gasteiger partial charge is 0.255 e. The minimum Gasteiger partial charge on any atom is -0.508 e. The van der Waals surface area contributed by atoms with E-state index in [1.807, 2.05) is 0 Å². The zero-order valence-electron chi connectivity index (χ0n) is 12.1. The quantitative estimate of drug-likeness (QED) is 0.907. The molecule has 0 aliphatic carbocycles. The van der Waals surface area contributed by atoms with Gasteiger partial charge in [0, 0.05) is 23.4 Å². The average molecular weight is 287 g/mol. The Bertz CT molecular complexity index is 645. The molecule has 5 heteroatoms. The van der Waals surface area contributed by atoms with Gasteiger partial charge in [0.15, 0.2) is 0 Å². The number of nitrogens with one attached hydrogen (secondary N) is 1. The lowest BCUT2D eigenvalue weighted by Crippen LogP contribution is -2.12. The average Bonchev–Trinajstić information content (AvgIpc) is 2.50. The molecule has 2 aromatic carbocycles. The lowest BCUT2D eigenvalue weighted by molar-refractivity contribution is 0.102. The number of anilines is 1. The summed E-state index contributed by atoms with van der Waals surface area (Å²) in [7, 11) is 3.04. The Morgan fingerprint density at radius 3 is 2.19 bits per heavy atom. The van der Waals surface area contributed by atoms with Gasteiger partial charge in [-0.15, -0.1) is 0 Å². The van der Waals surface area contributed by atoms with Gasteiger partial charge in [0.2, 0.25) is 0 Å². The van der Waals surface area contributed by atoms with Crippen molar-refractivity contribution in [2.24, 2.45) is 0 Å². The number of phenolic OH excluding ortho intramolecular Hbond substituents is 1. The van der Waals surface area contributed by atoms with E-state index in [1.165, 1.54) is 20.3 Å². The molecule has 21 heavy (non-hydrogen) atoms. The molecule has 110 valence electrons. The number of carbonyl (C=O) groups is 1. The number of ether oxygens (including phenoxy) is 2. The zero-order chi connectivity index (χ0) is 15.4. The normalized spacial score (nSPS) is 10.0. The van der Waals surface area contributed by atoms with E-state index in [0.29, 0.717) is 22.7 Å². The molecule has 0 atom stereocenters. The van der Waals surface area contributed by atoms with Crippen LogP contribution in [-0.4, -0.2) is 25.2 Å². The standard InChI is InChI=1S/C16H17NO4/c1-10-4-5-12(8-15(10)18)17-16(19)11-6-13(20-2)9-14(7-11)21-3/h4-9,18H,1-3H3,(H,17,19). The van der Waals surface area contributed by atoms with Gasteiger partial charge in [-0.1, -0.05) is 6.07 Å². The number of carbonyl (C=O) groups excluding carboxylic acids is 1. The number of aryl methyl sites for hydroxylation is 1. The van der Waals surface area contributed by atoms with Gasteiger partial charge in [-0.25, -0.2) is 0 Å². The Hall–Kier alpha value is -2.69. The minimum atomic E-state index is -0.310. The van der Waals surface area contributed by atoms with Crippen LogP contribution >= 0.6 is 0 Å². The number of aromatic hydroxyl groups is 1. The molecule has 0 unspecified atom stereocenters. The van der Waals surface area contributed by atoms with Gasteiger partial charge < -0.3 is 19.9 Å². The van der Waals surface area contributed by atoms with E-state index in [2.05, 4.69) is 5.32 Å². The van der Waals surface area contributed by atoms with Gasteiger partial charge in [0.1, 0.15) is 17.2 Å². The third-order valence-electron chi connectivity index (χ3n) is 3.08. The summed E-state index contributed by atoms with van der Waals surface area (Å²) in [4.78, 5) is 12.2. The van der Waals surface area contributed by atoms with Gasteiger partial charge in [-0.3, -0.25) is 4.79 Å². The van der Waals surface area contributed by atoms with Crippen molar-refractivity contribution in [1.29, 1.82) is 0 Å². The van der Waals surface area contributed by atoms with Crippen molar-refractivity contribution in [3.8, 4) is 17.2 Å². The summed E-state index contributed by atoms with van der Waals surface area (Å²) in [5.74, 6) is 0.893. The number of benzene rings is 2. The van der Waals surface area contributed by atoms with Gasteiger partial charge >= 0.3 is 0 Å². The van der Waals surface area contributed by atoms with Crippen LogP contribution in [-0.2, 0) is 0 Å². The molecular weight excluding hydrogens is 270 g/mol. The van der Waals surface area contributed by atoms with E-state index in [4.69, 9.17) is 9.47 Å². The van der Waals surface area contributed by atoms with Crippen LogP contribution in [0.4, 0.5) is 5.69 Å². The lowest BCUT2D eigenvalue weighted by Gasteiger charge is -2.10. The molecule has 0 heterocycles. The molecule has 0 spiro atoms. The number of amides is 1. The molecule has 5 nitrogen and oxygen atoms in total. The maximum atomic E-state index is 12.2. The van der Waals surface area contributed by atoms with Crippen molar-refractivity contribution in [2.75, 3.05) is 19.5 Å². The summed E-state index contributed by atoms with van der Waals surface area (Å²) >= 11 is 0. The molecule has 2 N–H and O–H groups in total. The van der Waals surface area contributed by atoms with Gasteiger partial charge in [-0.05, 0) is 30.7 Å². The highest BCUT2D eigenvalue weighted by Gasteiger charge is 2.11. The van der Waals surface area contributed by atoms with Crippen LogP contribution in [0.5, 0.6) is 17.2 Å². The van der Waals surface area contributed by atoms with Crippen LogP contribution in [0, 0.1) is 6.92 Å². The van der Waals surface area contributed by atoms with E-state index < -0.39 is 0 Å². The first kappa shape index (κ1) is 14.7. The summed E-state index contributed by atoms with van der Waals surface area (Å²) in [6.07, 6.45) is 0. The second-order valence-electron chi connectivity index (χ2n) is 4.56. The molecule has 2 aromatic rings. The second-order valence-corrected chi connectivity index (χ2v) is 4.56. The van der Waals surface area contributed by atoms with Crippen LogP contribution in [0.3, 0.4) is 0 Å². The second kappa shape index (κ2) is 6.17. The first-order chi connectivity index (χ1) is 10.0. The Labute approximate surface area is 123 Å². The van der Waals surface area contributed by atoms with Crippen LogP contribution in [0.25, 0.3) is 0 Å². The predicted molar refractivity (Wildman–Crippen MR) is 80.3 cm³/mol. The summed E-state index contributed by atoms with van der Waals surface area (Å²) in [5, 5.41) is 12.4. The fourth-order valence-electron chi connectivity index (χ4n) is 1.83. The van der Waals surface area contributed by atoms with E-state index in [1.54, 1.807) is 37.3 Å². The van der Waals surface area contributed by atoms with E-state index >= 15 is 0 Å². The molecule has 0 aliphatic heterocycles. The van der Waals surface area contributed by atoms with Gasteiger partial charge in [0.05, 0.1) is 14.2 Å². The van der Waals surface area contributed by atoms with Crippen LogP contribution < -0.4 is 14.8 Å². The van der Waals surface area contributed by atoms with Crippen molar-refractivity contribution < 1.29 is 19.4 Å². The zero-order valence-corrected chi connectivity index (χ0v) is 12.1. The van der Waals surface area contributed by atoms with Crippen molar-refractivity contribution in [2.45, 2.75) is 6.92 Å². The first-order valence-electron chi connectivity index (χ1n) is 6.37. The summed E-state index contributed by atoms with van der Waals surface area (Å²) in [5.41, 5.74) is 1.67. The summed E-state index contributed by atoms with van der Waals surface area (Å²) < 4.78 is 10.3. The summed E-state index contributed by atoms with van der Waals surface area (Å²) in [6, 6.07) is 9.89. The van der Waals surface area contributed by atoms with Gasteiger partial charge in [0.25, 0.3) is 5.91 Å². The topological polar surface area (TPSA) is 67.8 Å². The largest absolute Gasteiger partial charge is 0.508 e.